The van der Waals surface area contributed by atoms with E-state index in [0.717, 1.165) is 54.2 Å². The molecule has 36 heavy (non-hydrogen) atoms. The third-order valence-electron chi connectivity index (χ3n) is 6.66. The molecule has 2 heterocycles. The normalized spacial score (nSPS) is 16.1. The molecule has 188 valence electrons. The SMILES string of the molecule is CCc1c(CCN2CCCC(C(=O)O)C2)cccc1-c1cnc(-c2ccc(OC(C)C)c(C#N)c2)s1. The molecular weight excluding hydrogens is 470 g/mol. The number of benzene rings is 2. The van der Waals surface area contributed by atoms with Crippen LogP contribution in [0.15, 0.2) is 42.6 Å². The predicted octanol–water partition coefficient (Wildman–Crippen LogP) is 6.04. The number of ether oxygens (including phenoxy) is 1. The number of aromatic nitrogens is 1. The Morgan fingerprint density at radius 2 is 2.17 bits per heavy atom. The molecule has 7 heteroatoms. The second-order valence-corrected chi connectivity index (χ2v) is 10.6. The smallest absolute Gasteiger partial charge is 0.307 e. The van der Waals surface area contributed by atoms with Gasteiger partial charge in [0, 0.05) is 24.8 Å². The molecule has 0 amide bonds. The van der Waals surface area contributed by atoms with Crippen LogP contribution in [-0.4, -0.2) is 46.7 Å². The van der Waals surface area contributed by atoms with Crippen LogP contribution in [0.4, 0.5) is 0 Å². The van der Waals surface area contributed by atoms with Crippen molar-refractivity contribution in [2.45, 2.75) is 52.6 Å². The summed E-state index contributed by atoms with van der Waals surface area (Å²) in [4.78, 5) is 19.5. The second kappa shape index (κ2) is 11.7. The molecule has 1 unspecified atom stereocenters. The van der Waals surface area contributed by atoms with Crippen LogP contribution in [0.3, 0.4) is 0 Å². The standard InChI is InChI=1S/C29H33N3O3S/c1-4-24-20(12-14-32-13-6-8-22(18-32)29(33)34)7-5-9-25(24)27-17-31-28(36-27)21-10-11-26(35-19(2)3)23(15-21)16-30/h5,7,9-11,15,17,19,22H,4,6,8,12-14,18H2,1-3H3,(H,33,34). The van der Waals surface area contributed by atoms with E-state index in [9.17, 15) is 15.2 Å². The number of thiazole rings is 1. The zero-order chi connectivity index (χ0) is 25.7. The minimum atomic E-state index is -0.680. The molecule has 1 aromatic heterocycles. The van der Waals surface area contributed by atoms with Gasteiger partial charge in [-0.3, -0.25) is 4.79 Å². The number of likely N-dealkylation sites (tertiary alicyclic amines) is 1. The van der Waals surface area contributed by atoms with Crippen molar-refractivity contribution in [3.05, 3.63) is 59.3 Å². The molecule has 1 N–H and O–H groups in total. The van der Waals surface area contributed by atoms with Gasteiger partial charge in [-0.1, -0.05) is 25.1 Å². The van der Waals surface area contributed by atoms with Crippen LogP contribution in [-0.2, 0) is 17.6 Å². The quantitative estimate of drug-likeness (QED) is 0.383. The number of carboxylic acids is 1. The molecule has 0 aliphatic carbocycles. The van der Waals surface area contributed by atoms with E-state index < -0.39 is 5.97 Å². The maximum atomic E-state index is 11.4. The Morgan fingerprint density at radius 3 is 2.89 bits per heavy atom. The third kappa shape index (κ3) is 5.95. The van der Waals surface area contributed by atoms with Crippen molar-refractivity contribution in [1.29, 1.82) is 5.26 Å². The number of hydrogen-bond acceptors (Lipinski definition) is 6. The highest BCUT2D eigenvalue weighted by atomic mass is 32.1. The number of rotatable bonds is 9. The van der Waals surface area contributed by atoms with Crippen molar-refractivity contribution in [2.24, 2.45) is 5.92 Å². The van der Waals surface area contributed by atoms with E-state index in [4.69, 9.17) is 4.74 Å². The van der Waals surface area contributed by atoms with Crippen molar-refractivity contribution in [3.8, 4) is 32.8 Å². The van der Waals surface area contributed by atoms with Crippen LogP contribution >= 0.6 is 11.3 Å². The van der Waals surface area contributed by atoms with E-state index in [2.05, 4.69) is 41.1 Å². The average molecular weight is 504 g/mol. The van der Waals surface area contributed by atoms with Gasteiger partial charge in [0.2, 0.25) is 0 Å². The van der Waals surface area contributed by atoms with Crippen LogP contribution < -0.4 is 4.74 Å². The lowest BCUT2D eigenvalue weighted by Gasteiger charge is -2.30. The lowest BCUT2D eigenvalue weighted by atomic mass is 9.94. The number of carboxylic acid groups (broad SMARTS) is 1. The van der Waals surface area contributed by atoms with E-state index in [-0.39, 0.29) is 12.0 Å². The number of piperidine rings is 1. The van der Waals surface area contributed by atoms with E-state index >= 15 is 0 Å². The minimum absolute atomic E-state index is 0.00247. The molecule has 6 nitrogen and oxygen atoms in total. The van der Waals surface area contributed by atoms with Gasteiger partial charge in [0.05, 0.1) is 22.5 Å². The second-order valence-electron chi connectivity index (χ2n) is 9.54. The lowest BCUT2D eigenvalue weighted by molar-refractivity contribution is -0.143. The fourth-order valence-corrected chi connectivity index (χ4v) is 5.86. The summed E-state index contributed by atoms with van der Waals surface area (Å²) in [5.41, 5.74) is 5.24. The van der Waals surface area contributed by atoms with Crippen LogP contribution in [0.5, 0.6) is 5.75 Å². The number of nitrogens with zero attached hydrogens (tertiary/aromatic N) is 3. The highest BCUT2D eigenvalue weighted by Gasteiger charge is 2.25. The van der Waals surface area contributed by atoms with Gasteiger partial charge in [0.15, 0.2) is 0 Å². The van der Waals surface area contributed by atoms with Crippen molar-refractivity contribution in [1.82, 2.24) is 9.88 Å². The van der Waals surface area contributed by atoms with E-state index in [1.165, 1.54) is 16.7 Å². The van der Waals surface area contributed by atoms with Crippen LogP contribution in [0.25, 0.3) is 21.0 Å². The van der Waals surface area contributed by atoms with Gasteiger partial charge in [0.1, 0.15) is 16.8 Å². The molecule has 1 aliphatic heterocycles. The number of hydrogen-bond donors (Lipinski definition) is 1. The summed E-state index contributed by atoms with van der Waals surface area (Å²) in [7, 11) is 0. The molecule has 1 saturated heterocycles. The van der Waals surface area contributed by atoms with Gasteiger partial charge >= 0.3 is 5.97 Å². The summed E-state index contributed by atoms with van der Waals surface area (Å²) in [6.45, 7) is 8.55. The fourth-order valence-electron chi connectivity index (χ4n) is 4.90. The van der Waals surface area contributed by atoms with E-state index in [1.807, 2.05) is 38.2 Å². The third-order valence-corrected chi connectivity index (χ3v) is 7.74. The Hall–Kier alpha value is -3.21. The average Bonchev–Trinajstić information content (AvgIpc) is 3.37. The summed E-state index contributed by atoms with van der Waals surface area (Å²) in [6, 6.07) is 14.3. The van der Waals surface area contributed by atoms with Crippen molar-refractivity contribution >= 4 is 17.3 Å². The largest absolute Gasteiger partial charge is 0.490 e. The zero-order valence-electron chi connectivity index (χ0n) is 21.2. The molecule has 0 bridgehead atoms. The lowest BCUT2D eigenvalue weighted by Crippen LogP contribution is -2.39. The fraction of sp³-hybridized carbons (Fsp3) is 0.414. The summed E-state index contributed by atoms with van der Waals surface area (Å²) >= 11 is 1.63. The molecule has 0 spiro atoms. The van der Waals surface area contributed by atoms with E-state index in [0.29, 0.717) is 17.9 Å². The molecule has 3 aromatic rings. The van der Waals surface area contributed by atoms with Gasteiger partial charge in [-0.2, -0.15) is 5.26 Å². The molecule has 0 saturated carbocycles. The summed E-state index contributed by atoms with van der Waals surface area (Å²) in [5.74, 6) is -0.336. The Kier molecular flexibility index (Phi) is 8.40. The Labute approximate surface area is 217 Å². The summed E-state index contributed by atoms with van der Waals surface area (Å²) in [5, 5.41) is 19.9. The van der Waals surface area contributed by atoms with Gasteiger partial charge in [-0.05, 0) is 81.0 Å². The maximum absolute atomic E-state index is 11.4. The molecule has 1 aliphatic rings. The first-order valence-corrected chi connectivity index (χ1v) is 13.4. The molecule has 1 atom stereocenters. The summed E-state index contributed by atoms with van der Waals surface area (Å²) < 4.78 is 5.76. The van der Waals surface area contributed by atoms with Crippen LogP contribution in [0.2, 0.25) is 0 Å². The van der Waals surface area contributed by atoms with Gasteiger partial charge in [0.25, 0.3) is 0 Å². The first-order chi connectivity index (χ1) is 17.4. The predicted molar refractivity (Wildman–Crippen MR) is 143 cm³/mol. The van der Waals surface area contributed by atoms with Crippen LogP contribution in [0, 0.1) is 17.2 Å². The maximum Gasteiger partial charge on any atom is 0.307 e. The van der Waals surface area contributed by atoms with Gasteiger partial charge in [-0.25, -0.2) is 4.98 Å². The summed E-state index contributed by atoms with van der Waals surface area (Å²) in [6.07, 6.45) is 5.46. The number of carbonyl (C=O) groups is 1. The topological polar surface area (TPSA) is 86.5 Å². The van der Waals surface area contributed by atoms with Crippen molar-refractivity contribution in [2.75, 3.05) is 19.6 Å². The van der Waals surface area contributed by atoms with Crippen molar-refractivity contribution in [3.63, 3.8) is 0 Å². The molecular formula is C29H33N3O3S. The molecule has 0 radical (unpaired) electrons. The van der Waals surface area contributed by atoms with Gasteiger partial charge in [-0.15, -0.1) is 11.3 Å². The molecule has 4 rings (SSSR count). The minimum Gasteiger partial charge on any atom is -0.490 e. The molecule has 1 fully saturated rings. The first kappa shape index (κ1) is 25.9. The highest BCUT2D eigenvalue weighted by Crippen LogP contribution is 2.36. The Morgan fingerprint density at radius 1 is 1.33 bits per heavy atom. The van der Waals surface area contributed by atoms with Crippen LogP contribution in [0.1, 0.15) is 50.3 Å². The highest BCUT2D eigenvalue weighted by molar-refractivity contribution is 7.18. The monoisotopic (exact) mass is 503 g/mol. The number of aliphatic carboxylic acids is 1. The molecule has 2 aromatic carbocycles. The Bertz CT molecular complexity index is 1260. The zero-order valence-corrected chi connectivity index (χ0v) is 22.0. The Balaban J connectivity index is 1.54. The van der Waals surface area contributed by atoms with Crippen molar-refractivity contribution < 1.29 is 14.6 Å². The first-order valence-electron chi connectivity index (χ1n) is 12.6. The van der Waals surface area contributed by atoms with Gasteiger partial charge < -0.3 is 14.7 Å². The van der Waals surface area contributed by atoms with E-state index in [1.54, 1.807) is 11.3 Å². The number of nitriles is 1.